The van der Waals surface area contributed by atoms with Crippen LogP contribution in [0.5, 0.6) is 0 Å². The third-order valence-electron chi connectivity index (χ3n) is 3.20. The first-order chi connectivity index (χ1) is 11.6. The van der Waals surface area contributed by atoms with Gasteiger partial charge in [0.1, 0.15) is 10.5 Å². The maximum atomic E-state index is 12.0. The number of nitrogens with two attached hydrogens (primary N) is 1. The standard InChI is InChI=1S/C15H14N6O2S/c1-2-17-13(22)10-7-8-11(19-15(16)20-14(8)24-10)12(21-23)9-5-3-4-6-18-9/h3-7,23H,2H2,1H3,(H,17,22)(H2,16,19,20)/b21-12+. The van der Waals surface area contributed by atoms with E-state index in [1.54, 1.807) is 30.5 Å². The van der Waals surface area contributed by atoms with Crippen LogP contribution >= 0.6 is 11.3 Å². The largest absolute Gasteiger partial charge is 0.410 e. The van der Waals surface area contributed by atoms with Crippen molar-refractivity contribution in [3.05, 3.63) is 46.7 Å². The Balaban J connectivity index is 2.18. The molecule has 0 aromatic carbocycles. The predicted molar refractivity (Wildman–Crippen MR) is 91.5 cm³/mol. The number of amides is 1. The monoisotopic (exact) mass is 342 g/mol. The van der Waals surface area contributed by atoms with Gasteiger partial charge >= 0.3 is 0 Å². The van der Waals surface area contributed by atoms with Crippen molar-refractivity contribution in [2.75, 3.05) is 12.3 Å². The first-order valence-electron chi connectivity index (χ1n) is 7.13. The Kier molecular flexibility index (Phi) is 4.34. The average molecular weight is 342 g/mol. The highest BCUT2D eigenvalue weighted by Crippen LogP contribution is 2.28. The molecule has 3 heterocycles. The fourth-order valence-electron chi connectivity index (χ4n) is 2.20. The zero-order valence-electron chi connectivity index (χ0n) is 12.7. The fraction of sp³-hybridized carbons (Fsp3) is 0.133. The third-order valence-corrected chi connectivity index (χ3v) is 4.23. The van der Waals surface area contributed by atoms with E-state index in [9.17, 15) is 10.0 Å². The molecule has 1 amide bonds. The number of carbonyl (C=O) groups is 1. The van der Waals surface area contributed by atoms with E-state index in [0.29, 0.717) is 33.0 Å². The molecular formula is C15H14N6O2S. The molecule has 3 aromatic rings. The number of nitrogens with zero attached hydrogens (tertiary/aromatic N) is 4. The molecule has 0 saturated carbocycles. The Morgan fingerprint density at radius 3 is 2.92 bits per heavy atom. The minimum Gasteiger partial charge on any atom is -0.410 e. The number of nitrogen functional groups attached to an aromatic ring is 1. The molecule has 0 aliphatic heterocycles. The minimum absolute atomic E-state index is 0.0267. The molecule has 0 bridgehead atoms. The Morgan fingerprint density at radius 1 is 1.42 bits per heavy atom. The summed E-state index contributed by atoms with van der Waals surface area (Å²) >= 11 is 1.20. The SMILES string of the molecule is CCNC(=O)c1cc2c(/C(=N/O)c3ccccn3)nc(N)nc2s1. The van der Waals surface area contributed by atoms with Gasteiger partial charge in [-0.25, -0.2) is 9.97 Å². The topological polar surface area (TPSA) is 126 Å². The first-order valence-corrected chi connectivity index (χ1v) is 7.94. The summed E-state index contributed by atoms with van der Waals surface area (Å²) in [7, 11) is 0. The molecule has 0 saturated heterocycles. The third kappa shape index (κ3) is 2.88. The zero-order valence-corrected chi connectivity index (χ0v) is 13.5. The molecule has 3 aromatic heterocycles. The van der Waals surface area contributed by atoms with Crippen LogP contribution in [0.3, 0.4) is 0 Å². The lowest BCUT2D eigenvalue weighted by Gasteiger charge is -2.05. The van der Waals surface area contributed by atoms with Gasteiger partial charge in [0.2, 0.25) is 5.95 Å². The Bertz CT molecular complexity index is 922. The number of hydrogen-bond donors (Lipinski definition) is 3. The van der Waals surface area contributed by atoms with E-state index in [2.05, 4.69) is 25.4 Å². The molecule has 0 atom stereocenters. The summed E-state index contributed by atoms with van der Waals surface area (Å²) in [5.41, 5.74) is 6.69. The van der Waals surface area contributed by atoms with Crippen molar-refractivity contribution in [2.24, 2.45) is 5.16 Å². The van der Waals surface area contributed by atoms with Crippen LogP contribution in [0.4, 0.5) is 5.95 Å². The van der Waals surface area contributed by atoms with Crippen LogP contribution < -0.4 is 11.1 Å². The molecule has 0 aliphatic carbocycles. The van der Waals surface area contributed by atoms with Gasteiger partial charge in [0.05, 0.1) is 10.6 Å². The number of nitrogens with one attached hydrogen (secondary N) is 1. The molecule has 0 aliphatic rings. The Hall–Kier alpha value is -3.07. The number of rotatable bonds is 4. The number of anilines is 1. The zero-order chi connectivity index (χ0) is 17.1. The second kappa shape index (κ2) is 6.59. The lowest BCUT2D eigenvalue weighted by molar-refractivity contribution is 0.0960. The van der Waals surface area contributed by atoms with Crippen molar-refractivity contribution >= 4 is 39.1 Å². The van der Waals surface area contributed by atoms with Crippen molar-refractivity contribution in [3.8, 4) is 0 Å². The van der Waals surface area contributed by atoms with E-state index < -0.39 is 0 Å². The van der Waals surface area contributed by atoms with Gasteiger partial charge in [-0.3, -0.25) is 9.78 Å². The lowest BCUT2D eigenvalue weighted by Crippen LogP contribution is -2.21. The Labute approximate surface area is 141 Å². The highest BCUT2D eigenvalue weighted by atomic mass is 32.1. The molecule has 24 heavy (non-hydrogen) atoms. The van der Waals surface area contributed by atoms with Crippen LogP contribution in [0.1, 0.15) is 28.0 Å². The number of thiophene rings is 1. The maximum absolute atomic E-state index is 12.0. The number of pyridine rings is 1. The van der Waals surface area contributed by atoms with Gasteiger partial charge < -0.3 is 16.3 Å². The second-order valence-corrected chi connectivity index (χ2v) is 5.81. The summed E-state index contributed by atoms with van der Waals surface area (Å²) in [5.74, 6) is -0.177. The molecule has 9 heteroatoms. The van der Waals surface area contributed by atoms with Crippen molar-refractivity contribution < 1.29 is 10.0 Å². The normalized spacial score (nSPS) is 11.6. The van der Waals surface area contributed by atoms with Crippen LogP contribution in [-0.2, 0) is 0 Å². The molecule has 0 spiro atoms. The Morgan fingerprint density at radius 2 is 2.25 bits per heavy atom. The number of fused-ring (bicyclic) bond motifs is 1. The number of hydrogen-bond acceptors (Lipinski definition) is 8. The van der Waals surface area contributed by atoms with Gasteiger partial charge in [-0.05, 0) is 25.1 Å². The molecule has 122 valence electrons. The van der Waals surface area contributed by atoms with Crippen LogP contribution in [0.15, 0.2) is 35.6 Å². The molecular weight excluding hydrogens is 328 g/mol. The van der Waals surface area contributed by atoms with Crippen molar-refractivity contribution in [1.82, 2.24) is 20.3 Å². The van der Waals surface area contributed by atoms with E-state index >= 15 is 0 Å². The summed E-state index contributed by atoms with van der Waals surface area (Å²) in [6.07, 6.45) is 1.58. The van der Waals surface area contributed by atoms with Gasteiger partial charge in [0.15, 0.2) is 5.71 Å². The van der Waals surface area contributed by atoms with Gasteiger partial charge in [-0.2, -0.15) is 0 Å². The smallest absolute Gasteiger partial charge is 0.261 e. The average Bonchev–Trinajstić information content (AvgIpc) is 3.01. The minimum atomic E-state index is -0.203. The summed E-state index contributed by atoms with van der Waals surface area (Å²) in [6, 6.07) is 6.87. The molecule has 4 N–H and O–H groups in total. The van der Waals surface area contributed by atoms with Crippen LogP contribution in [0.2, 0.25) is 0 Å². The summed E-state index contributed by atoms with van der Waals surface area (Å²) in [4.78, 5) is 25.6. The summed E-state index contributed by atoms with van der Waals surface area (Å²) in [6.45, 7) is 2.36. The van der Waals surface area contributed by atoms with Gasteiger partial charge in [-0.15, -0.1) is 11.3 Å². The van der Waals surface area contributed by atoms with Crippen molar-refractivity contribution in [1.29, 1.82) is 0 Å². The van der Waals surface area contributed by atoms with Gasteiger partial charge in [0.25, 0.3) is 5.91 Å². The van der Waals surface area contributed by atoms with Gasteiger partial charge in [0, 0.05) is 18.1 Å². The fourth-order valence-corrected chi connectivity index (χ4v) is 3.16. The second-order valence-electron chi connectivity index (χ2n) is 4.78. The maximum Gasteiger partial charge on any atom is 0.261 e. The molecule has 0 fully saturated rings. The molecule has 0 unspecified atom stereocenters. The first kappa shape index (κ1) is 15.8. The number of aromatic nitrogens is 3. The van der Waals surface area contributed by atoms with E-state index in [1.165, 1.54) is 11.3 Å². The van der Waals surface area contributed by atoms with E-state index in [1.807, 2.05) is 6.92 Å². The van der Waals surface area contributed by atoms with Crippen molar-refractivity contribution in [2.45, 2.75) is 6.92 Å². The van der Waals surface area contributed by atoms with E-state index in [4.69, 9.17) is 5.73 Å². The van der Waals surface area contributed by atoms with Gasteiger partial charge in [-0.1, -0.05) is 11.2 Å². The highest BCUT2D eigenvalue weighted by Gasteiger charge is 2.20. The number of carbonyl (C=O) groups excluding carboxylic acids is 1. The quantitative estimate of drug-likeness (QED) is 0.376. The molecule has 8 nitrogen and oxygen atoms in total. The summed E-state index contributed by atoms with van der Waals surface area (Å²) in [5, 5.41) is 16.1. The molecule has 0 radical (unpaired) electrons. The van der Waals surface area contributed by atoms with Crippen LogP contribution in [0.25, 0.3) is 10.2 Å². The highest BCUT2D eigenvalue weighted by molar-refractivity contribution is 7.20. The van der Waals surface area contributed by atoms with E-state index in [-0.39, 0.29) is 17.6 Å². The van der Waals surface area contributed by atoms with Crippen LogP contribution in [0, 0.1) is 0 Å². The predicted octanol–water partition coefficient (Wildman–Crippen LogP) is 1.64. The van der Waals surface area contributed by atoms with E-state index in [0.717, 1.165) is 0 Å². The van der Waals surface area contributed by atoms with Crippen molar-refractivity contribution in [3.63, 3.8) is 0 Å². The van der Waals surface area contributed by atoms with Crippen LogP contribution in [-0.4, -0.2) is 38.3 Å². The lowest BCUT2D eigenvalue weighted by atomic mass is 10.1. The number of oxime groups is 1. The molecule has 3 rings (SSSR count). The summed E-state index contributed by atoms with van der Waals surface area (Å²) < 4.78 is 0.